The maximum atomic E-state index is 12.8. The van der Waals surface area contributed by atoms with E-state index < -0.39 is 0 Å². The van der Waals surface area contributed by atoms with Crippen LogP contribution in [-0.4, -0.2) is 41.1 Å². The summed E-state index contributed by atoms with van der Waals surface area (Å²) in [7, 11) is 0. The molecule has 2 unspecified atom stereocenters. The van der Waals surface area contributed by atoms with Crippen LogP contribution in [0.4, 0.5) is 0 Å². The van der Waals surface area contributed by atoms with Gasteiger partial charge in [0.2, 0.25) is 11.8 Å². The van der Waals surface area contributed by atoms with Crippen molar-refractivity contribution in [1.82, 2.24) is 4.90 Å². The standard InChI is InChI=1S/C25H31NO5/c1-15-7-8-18(13-16(15)2)22(27)14-31-25(30)17-9-11-19(12-10-17)26-23(28)20-5-3-4-6-21(20)24(26)29/h7-8,13,17,19-21H,3-6,9-12,14H2,1-2H3. The highest BCUT2D eigenvalue weighted by Crippen LogP contribution is 2.41. The molecule has 0 bridgehead atoms. The van der Waals surface area contributed by atoms with E-state index >= 15 is 0 Å². The van der Waals surface area contributed by atoms with Gasteiger partial charge in [-0.3, -0.25) is 24.1 Å². The molecule has 166 valence electrons. The monoisotopic (exact) mass is 425 g/mol. The molecule has 2 amide bonds. The number of Topliss-reactive ketones (excluding diaryl/α,β-unsaturated/α-hetero) is 1. The van der Waals surface area contributed by atoms with Gasteiger partial charge in [0.25, 0.3) is 0 Å². The number of esters is 1. The number of rotatable bonds is 5. The maximum Gasteiger partial charge on any atom is 0.309 e. The minimum Gasteiger partial charge on any atom is -0.457 e. The molecule has 1 saturated heterocycles. The van der Waals surface area contributed by atoms with Gasteiger partial charge in [-0.1, -0.05) is 25.0 Å². The highest BCUT2D eigenvalue weighted by atomic mass is 16.5. The van der Waals surface area contributed by atoms with Gasteiger partial charge in [0.05, 0.1) is 17.8 Å². The molecule has 1 heterocycles. The molecule has 0 N–H and O–H groups in total. The fourth-order valence-electron chi connectivity index (χ4n) is 5.37. The van der Waals surface area contributed by atoms with Gasteiger partial charge in [-0.2, -0.15) is 0 Å². The number of ketones is 1. The summed E-state index contributed by atoms with van der Waals surface area (Å²) >= 11 is 0. The summed E-state index contributed by atoms with van der Waals surface area (Å²) in [6, 6.07) is 5.36. The number of amides is 2. The minimum atomic E-state index is -0.358. The van der Waals surface area contributed by atoms with Crippen molar-refractivity contribution in [3.8, 4) is 0 Å². The number of imide groups is 1. The van der Waals surface area contributed by atoms with E-state index in [1.165, 1.54) is 4.90 Å². The van der Waals surface area contributed by atoms with Crippen molar-refractivity contribution in [3.05, 3.63) is 34.9 Å². The molecule has 1 aromatic rings. The first-order valence-electron chi connectivity index (χ1n) is 11.5. The number of likely N-dealkylation sites (tertiary alicyclic amines) is 1. The predicted molar refractivity (Wildman–Crippen MR) is 114 cm³/mol. The van der Waals surface area contributed by atoms with Crippen LogP contribution in [0.2, 0.25) is 0 Å². The molecule has 6 nitrogen and oxygen atoms in total. The quantitative estimate of drug-likeness (QED) is 0.408. The number of carbonyl (C=O) groups is 4. The topological polar surface area (TPSA) is 80.8 Å². The van der Waals surface area contributed by atoms with Crippen LogP contribution in [0.25, 0.3) is 0 Å². The Balaban J connectivity index is 1.28. The Hall–Kier alpha value is -2.50. The van der Waals surface area contributed by atoms with Crippen LogP contribution in [0.5, 0.6) is 0 Å². The molecule has 1 aliphatic heterocycles. The Morgan fingerprint density at radius 3 is 2.10 bits per heavy atom. The van der Waals surface area contributed by atoms with Crippen molar-refractivity contribution in [1.29, 1.82) is 0 Å². The van der Waals surface area contributed by atoms with E-state index in [9.17, 15) is 19.2 Å². The fraction of sp³-hybridized carbons (Fsp3) is 0.600. The van der Waals surface area contributed by atoms with E-state index in [0.29, 0.717) is 31.2 Å². The highest BCUT2D eigenvalue weighted by molar-refractivity contribution is 6.05. The third kappa shape index (κ3) is 4.30. The molecule has 31 heavy (non-hydrogen) atoms. The molecule has 3 aliphatic rings. The van der Waals surface area contributed by atoms with Gasteiger partial charge in [0.15, 0.2) is 12.4 Å². The van der Waals surface area contributed by atoms with Crippen molar-refractivity contribution in [2.24, 2.45) is 17.8 Å². The summed E-state index contributed by atoms with van der Waals surface area (Å²) in [4.78, 5) is 52.0. The molecule has 3 fully saturated rings. The average molecular weight is 426 g/mol. The van der Waals surface area contributed by atoms with E-state index in [1.807, 2.05) is 26.0 Å². The van der Waals surface area contributed by atoms with E-state index in [4.69, 9.17) is 4.74 Å². The van der Waals surface area contributed by atoms with E-state index in [2.05, 4.69) is 0 Å². The smallest absolute Gasteiger partial charge is 0.309 e. The second kappa shape index (κ2) is 8.93. The first kappa shape index (κ1) is 21.7. The summed E-state index contributed by atoms with van der Waals surface area (Å²) in [5, 5.41) is 0. The van der Waals surface area contributed by atoms with Crippen LogP contribution in [0.3, 0.4) is 0 Å². The van der Waals surface area contributed by atoms with Gasteiger partial charge in [-0.05, 0) is 69.6 Å². The zero-order valence-electron chi connectivity index (χ0n) is 18.4. The zero-order valence-corrected chi connectivity index (χ0v) is 18.4. The molecule has 0 radical (unpaired) electrons. The molecule has 6 heteroatoms. The van der Waals surface area contributed by atoms with Gasteiger partial charge < -0.3 is 4.74 Å². The van der Waals surface area contributed by atoms with Gasteiger partial charge >= 0.3 is 5.97 Å². The molecule has 0 aromatic heterocycles. The second-order valence-electron chi connectivity index (χ2n) is 9.38. The van der Waals surface area contributed by atoms with Crippen LogP contribution in [0.15, 0.2) is 18.2 Å². The Morgan fingerprint density at radius 2 is 1.52 bits per heavy atom. The van der Waals surface area contributed by atoms with Gasteiger partial charge in [-0.25, -0.2) is 0 Å². The highest BCUT2D eigenvalue weighted by Gasteiger charge is 2.50. The van der Waals surface area contributed by atoms with Crippen molar-refractivity contribution in [2.75, 3.05) is 6.61 Å². The summed E-state index contributed by atoms with van der Waals surface area (Å²) in [6.07, 6.45) is 6.09. The number of fused-ring (bicyclic) bond motifs is 1. The lowest BCUT2D eigenvalue weighted by molar-refractivity contribution is -0.149. The van der Waals surface area contributed by atoms with Crippen molar-refractivity contribution < 1.29 is 23.9 Å². The van der Waals surface area contributed by atoms with E-state index in [0.717, 1.165) is 36.8 Å². The van der Waals surface area contributed by atoms with Crippen LogP contribution in [0.1, 0.15) is 72.9 Å². The van der Waals surface area contributed by atoms with Crippen molar-refractivity contribution >= 4 is 23.6 Å². The number of benzene rings is 1. The summed E-state index contributed by atoms with van der Waals surface area (Å²) < 4.78 is 5.31. The SMILES string of the molecule is Cc1ccc(C(=O)COC(=O)C2CCC(N3C(=O)C4CCCCC4C3=O)CC2)cc1C. The van der Waals surface area contributed by atoms with Gasteiger partial charge in [0.1, 0.15) is 0 Å². The maximum absolute atomic E-state index is 12.8. The number of hydrogen-bond acceptors (Lipinski definition) is 5. The minimum absolute atomic E-state index is 0.000264. The van der Waals surface area contributed by atoms with Crippen molar-refractivity contribution in [2.45, 2.75) is 71.3 Å². The average Bonchev–Trinajstić information content (AvgIpc) is 3.04. The number of carbonyl (C=O) groups excluding carboxylic acids is 4. The van der Waals surface area contributed by atoms with Crippen molar-refractivity contribution in [3.63, 3.8) is 0 Å². The van der Waals surface area contributed by atoms with Gasteiger partial charge in [-0.15, -0.1) is 0 Å². The lowest BCUT2D eigenvalue weighted by atomic mass is 9.81. The van der Waals surface area contributed by atoms with E-state index in [1.54, 1.807) is 6.07 Å². The second-order valence-corrected chi connectivity index (χ2v) is 9.38. The number of hydrogen-bond donors (Lipinski definition) is 0. The number of nitrogens with zero attached hydrogens (tertiary/aromatic N) is 1. The molecule has 1 aromatic carbocycles. The largest absolute Gasteiger partial charge is 0.457 e. The predicted octanol–water partition coefficient (Wildman–Crippen LogP) is 3.76. The molecular weight excluding hydrogens is 394 g/mol. The van der Waals surface area contributed by atoms with E-state index in [-0.39, 0.29) is 54.0 Å². The fourth-order valence-corrected chi connectivity index (χ4v) is 5.37. The molecule has 2 aliphatic carbocycles. The normalized spacial score (nSPS) is 28.4. The Bertz CT molecular complexity index is 875. The Kier molecular flexibility index (Phi) is 6.26. The Morgan fingerprint density at radius 1 is 0.903 bits per heavy atom. The van der Waals surface area contributed by atoms with Crippen LogP contribution >= 0.6 is 0 Å². The lowest BCUT2D eigenvalue weighted by Gasteiger charge is -2.32. The summed E-state index contributed by atoms with van der Waals surface area (Å²) in [5.74, 6) is -1.09. The molecule has 2 saturated carbocycles. The first-order valence-corrected chi connectivity index (χ1v) is 11.5. The van der Waals surface area contributed by atoms with Crippen LogP contribution in [-0.2, 0) is 19.1 Å². The first-order chi connectivity index (χ1) is 14.9. The summed E-state index contributed by atoms with van der Waals surface area (Å²) in [5.41, 5.74) is 2.69. The third-order valence-corrected chi connectivity index (χ3v) is 7.44. The molecular formula is C25H31NO5. The third-order valence-electron chi connectivity index (χ3n) is 7.44. The van der Waals surface area contributed by atoms with Gasteiger partial charge in [0, 0.05) is 11.6 Å². The zero-order chi connectivity index (χ0) is 22.1. The molecule has 2 atom stereocenters. The molecule has 4 rings (SSSR count). The lowest BCUT2D eigenvalue weighted by Crippen LogP contribution is -2.43. The number of aryl methyl sites for hydroxylation is 2. The number of ether oxygens (including phenoxy) is 1. The van der Waals surface area contributed by atoms with Crippen LogP contribution < -0.4 is 0 Å². The van der Waals surface area contributed by atoms with Crippen LogP contribution in [0, 0.1) is 31.6 Å². The molecule has 0 spiro atoms. The summed E-state index contributed by atoms with van der Waals surface area (Å²) in [6.45, 7) is 3.67. The Labute approximate surface area is 183 Å².